The molecular formula is C20H18F3N3OS. The van der Waals surface area contributed by atoms with E-state index < -0.39 is 17.0 Å². The third-order valence-electron chi connectivity index (χ3n) is 4.00. The summed E-state index contributed by atoms with van der Waals surface area (Å²) in [6.45, 7) is 6.04. The summed E-state index contributed by atoms with van der Waals surface area (Å²) in [5.74, 6) is -0.513. The number of pyridine rings is 1. The fourth-order valence-electron chi connectivity index (χ4n) is 2.54. The van der Waals surface area contributed by atoms with E-state index >= 15 is 0 Å². The number of amides is 1. The molecule has 1 N–H and O–H groups in total. The van der Waals surface area contributed by atoms with E-state index in [1.807, 2.05) is 26.8 Å². The zero-order valence-electron chi connectivity index (χ0n) is 15.5. The topological polar surface area (TPSA) is 54.9 Å². The Morgan fingerprint density at radius 3 is 2.43 bits per heavy atom. The smallest absolute Gasteiger partial charge is 0.298 e. The van der Waals surface area contributed by atoms with Gasteiger partial charge in [-0.05, 0) is 35.2 Å². The summed E-state index contributed by atoms with van der Waals surface area (Å²) in [7, 11) is 0. The van der Waals surface area contributed by atoms with E-state index in [1.54, 1.807) is 30.3 Å². The molecule has 3 rings (SSSR count). The molecular weight excluding hydrogens is 387 g/mol. The van der Waals surface area contributed by atoms with Crippen LogP contribution in [-0.4, -0.2) is 15.9 Å². The lowest BCUT2D eigenvalue weighted by Gasteiger charge is -2.19. The van der Waals surface area contributed by atoms with Crippen molar-refractivity contribution in [1.29, 1.82) is 0 Å². The normalized spacial score (nSPS) is 12.1. The van der Waals surface area contributed by atoms with Gasteiger partial charge >= 0.3 is 6.18 Å². The first-order valence-electron chi connectivity index (χ1n) is 8.47. The summed E-state index contributed by atoms with van der Waals surface area (Å²) in [6, 6.07) is 11.6. The summed E-state index contributed by atoms with van der Waals surface area (Å²) in [5.41, 5.74) is 0.950. The maximum absolute atomic E-state index is 13.4. The highest BCUT2D eigenvalue weighted by atomic mass is 32.1. The molecule has 0 atom stereocenters. The largest absolute Gasteiger partial charge is 0.427 e. The SMILES string of the molecule is CC(C)(C)c1cccc(C(=O)Nc2nc(-c3ccccn3)c(C(F)(F)F)s2)c1. The van der Waals surface area contributed by atoms with Crippen LogP contribution in [0.25, 0.3) is 11.4 Å². The number of alkyl halides is 3. The first-order chi connectivity index (χ1) is 13.1. The maximum atomic E-state index is 13.4. The van der Waals surface area contributed by atoms with Gasteiger partial charge in [-0.1, -0.05) is 50.3 Å². The molecule has 0 saturated carbocycles. The van der Waals surface area contributed by atoms with E-state index in [1.165, 1.54) is 12.3 Å². The van der Waals surface area contributed by atoms with Crippen LogP contribution in [0.1, 0.15) is 41.6 Å². The van der Waals surface area contributed by atoms with Gasteiger partial charge in [0.1, 0.15) is 10.6 Å². The number of carbonyl (C=O) groups excluding carboxylic acids is 1. The van der Waals surface area contributed by atoms with Gasteiger partial charge in [0.2, 0.25) is 0 Å². The first-order valence-corrected chi connectivity index (χ1v) is 9.28. The number of aromatic nitrogens is 2. The van der Waals surface area contributed by atoms with Crippen molar-refractivity contribution in [2.75, 3.05) is 5.32 Å². The number of hydrogen-bond acceptors (Lipinski definition) is 4. The van der Waals surface area contributed by atoms with Gasteiger partial charge in [0.15, 0.2) is 5.13 Å². The van der Waals surface area contributed by atoms with Crippen molar-refractivity contribution in [2.45, 2.75) is 32.4 Å². The minimum Gasteiger partial charge on any atom is -0.298 e. The second-order valence-electron chi connectivity index (χ2n) is 7.19. The van der Waals surface area contributed by atoms with Crippen LogP contribution in [0.2, 0.25) is 0 Å². The van der Waals surface area contributed by atoms with Gasteiger partial charge in [0.05, 0.1) is 5.69 Å². The molecule has 0 aliphatic carbocycles. The third-order valence-corrected chi connectivity index (χ3v) is 5.02. The molecule has 1 amide bonds. The van der Waals surface area contributed by atoms with Crippen molar-refractivity contribution >= 4 is 22.4 Å². The Hall–Kier alpha value is -2.74. The van der Waals surface area contributed by atoms with Crippen LogP contribution in [0.3, 0.4) is 0 Å². The second-order valence-corrected chi connectivity index (χ2v) is 8.19. The quantitative estimate of drug-likeness (QED) is 0.601. The van der Waals surface area contributed by atoms with Crippen molar-refractivity contribution in [2.24, 2.45) is 0 Å². The Morgan fingerprint density at radius 2 is 1.82 bits per heavy atom. The predicted molar refractivity (Wildman–Crippen MR) is 103 cm³/mol. The Labute approximate surface area is 164 Å². The van der Waals surface area contributed by atoms with Gasteiger partial charge in [-0.15, -0.1) is 0 Å². The molecule has 2 heterocycles. The van der Waals surface area contributed by atoms with Crippen LogP contribution in [0.4, 0.5) is 18.3 Å². The standard InChI is InChI=1S/C20H18F3N3OS/c1-19(2,3)13-8-6-7-12(11-13)17(27)26-18-25-15(14-9-4-5-10-24-14)16(28-18)20(21,22)23/h4-11H,1-3H3,(H,25,26,27). The molecule has 0 bridgehead atoms. The highest BCUT2D eigenvalue weighted by Crippen LogP contribution is 2.42. The number of rotatable bonds is 3. The van der Waals surface area contributed by atoms with E-state index in [0.717, 1.165) is 5.56 Å². The Kier molecular flexibility index (Phi) is 5.25. The van der Waals surface area contributed by atoms with E-state index in [0.29, 0.717) is 16.9 Å². The number of carbonyl (C=O) groups is 1. The minimum atomic E-state index is -4.60. The molecule has 0 aliphatic heterocycles. The van der Waals surface area contributed by atoms with Gasteiger partial charge in [-0.2, -0.15) is 13.2 Å². The van der Waals surface area contributed by atoms with Crippen molar-refractivity contribution in [3.05, 3.63) is 64.7 Å². The lowest BCUT2D eigenvalue weighted by Crippen LogP contribution is -2.15. The number of benzene rings is 1. The number of thiazole rings is 1. The molecule has 3 aromatic rings. The van der Waals surface area contributed by atoms with E-state index in [4.69, 9.17) is 0 Å². The molecule has 0 spiro atoms. The molecule has 28 heavy (non-hydrogen) atoms. The van der Waals surface area contributed by atoms with Crippen molar-refractivity contribution in [3.63, 3.8) is 0 Å². The van der Waals surface area contributed by atoms with Gasteiger partial charge < -0.3 is 0 Å². The van der Waals surface area contributed by atoms with Crippen LogP contribution < -0.4 is 5.32 Å². The molecule has 8 heteroatoms. The van der Waals surface area contributed by atoms with E-state index in [-0.39, 0.29) is 21.9 Å². The number of nitrogens with zero attached hydrogens (tertiary/aromatic N) is 2. The summed E-state index contributed by atoms with van der Waals surface area (Å²) < 4.78 is 40.3. The number of nitrogens with one attached hydrogen (secondary N) is 1. The third kappa shape index (κ3) is 4.39. The number of hydrogen-bond donors (Lipinski definition) is 1. The monoisotopic (exact) mass is 405 g/mol. The van der Waals surface area contributed by atoms with Crippen molar-refractivity contribution < 1.29 is 18.0 Å². The predicted octanol–water partition coefficient (Wildman–Crippen LogP) is 5.77. The molecule has 1 aromatic carbocycles. The van der Waals surface area contributed by atoms with E-state index in [9.17, 15) is 18.0 Å². The zero-order valence-corrected chi connectivity index (χ0v) is 16.3. The van der Waals surface area contributed by atoms with Crippen LogP contribution in [0.5, 0.6) is 0 Å². The van der Waals surface area contributed by atoms with Gasteiger partial charge in [-0.3, -0.25) is 15.1 Å². The fourth-order valence-corrected chi connectivity index (χ4v) is 3.38. The highest BCUT2D eigenvalue weighted by Gasteiger charge is 2.38. The molecule has 0 saturated heterocycles. The van der Waals surface area contributed by atoms with Crippen LogP contribution in [0, 0.1) is 0 Å². The van der Waals surface area contributed by atoms with Gasteiger partial charge in [0, 0.05) is 11.8 Å². The zero-order chi connectivity index (χ0) is 20.5. The number of anilines is 1. The average Bonchev–Trinajstić information content (AvgIpc) is 3.06. The molecule has 0 fully saturated rings. The Bertz CT molecular complexity index is 992. The molecule has 146 valence electrons. The number of halogens is 3. The Morgan fingerprint density at radius 1 is 1.07 bits per heavy atom. The van der Waals surface area contributed by atoms with Crippen molar-refractivity contribution in [1.82, 2.24) is 9.97 Å². The highest BCUT2D eigenvalue weighted by molar-refractivity contribution is 7.16. The first kappa shape index (κ1) is 20.0. The summed E-state index contributed by atoms with van der Waals surface area (Å²) in [5, 5.41) is 2.35. The van der Waals surface area contributed by atoms with Gasteiger partial charge in [0.25, 0.3) is 5.91 Å². The molecule has 4 nitrogen and oxygen atoms in total. The van der Waals surface area contributed by atoms with Gasteiger partial charge in [-0.25, -0.2) is 4.98 Å². The van der Waals surface area contributed by atoms with Crippen LogP contribution in [0.15, 0.2) is 48.7 Å². The molecule has 0 aliphatic rings. The molecule has 0 radical (unpaired) electrons. The Balaban J connectivity index is 1.93. The van der Waals surface area contributed by atoms with E-state index in [2.05, 4.69) is 15.3 Å². The summed E-state index contributed by atoms with van der Waals surface area (Å²) in [4.78, 5) is 19.6. The molecule has 0 unspecified atom stereocenters. The maximum Gasteiger partial charge on any atom is 0.427 e. The summed E-state index contributed by atoms with van der Waals surface area (Å²) in [6.07, 6.45) is -3.20. The van der Waals surface area contributed by atoms with Crippen LogP contribution >= 0.6 is 11.3 Å². The lowest BCUT2D eigenvalue weighted by atomic mass is 9.86. The van der Waals surface area contributed by atoms with Crippen molar-refractivity contribution in [3.8, 4) is 11.4 Å². The lowest BCUT2D eigenvalue weighted by molar-refractivity contribution is -0.134. The fraction of sp³-hybridized carbons (Fsp3) is 0.250. The van der Waals surface area contributed by atoms with Crippen LogP contribution in [-0.2, 0) is 11.6 Å². The average molecular weight is 405 g/mol. The summed E-state index contributed by atoms with van der Waals surface area (Å²) >= 11 is 0.386. The molecule has 2 aromatic heterocycles. The second kappa shape index (κ2) is 7.35. The minimum absolute atomic E-state index is 0.0984.